The van der Waals surface area contributed by atoms with Gasteiger partial charge in [-0.05, 0) is 43.0 Å². The van der Waals surface area contributed by atoms with Crippen LogP contribution in [0, 0.1) is 5.92 Å². The molecule has 20 heavy (non-hydrogen) atoms. The molecule has 1 aliphatic rings. The largest absolute Gasteiger partial charge is 0.494 e. The van der Waals surface area contributed by atoms with E-state index in [4.69, 9.17) is 4.74 Å². The molecule has 0 aromatic heterocycles. The van der Waals surface area contributed by atoms with Crippen LogP contribution in [0.15, 0.2) is 24.3 Å². The molecule has 4 nitrogen and oxygen atoms in total. The molecule has 1 aromatic rings. The molecule has 0 bridgehead atoms. The van der Waals surface area contributed by atoms with Gasteiger partial charge in [-0.1, -0.05) is 13.8 Å². The zero-order valence-electron chi connectivity index (χ0n) is 12.2. The lowest BCUT2D eigenvalue weighted by molar-refractivity contribution is 0.0297. The lowest BCUT2D eigenvalue weighted by Gasteiger charge is -2.34. The predicted octanol–water partition coefficient (Wildman–Crippen LogP) is 2.32. The van der Waals surface area contributed by atoms with Gasteiger partial charge in [0.05, 0.1) is 12.7 Å². The maximum atomic E-state index is 12.4. The Morgan fingerprint density at radius 2 is 2.10 bits per heavy atom. The lowest BCUT2D eigenvalue weighted by atomic mass is 9.96. The number of rotatable bonds is 4. The monoisotopic (exact) mass is 277 g/mol. The fourth-order valence-corrected chi connectivity index (χ4v) is 2.41. The summed E-state index contributed by atoms with van der Waals surface area (Å²) < 4.78 is 5.51. The van der Waals surface area contributed by atoms with E-state index in [0.29, 0.717) is 31.7 Å². The first-order valence-corrected chi connectivity index (χ1v) is 7.32. The summed E-state index contributed by atoms with van der Waals surface area (Å²) >= 11 is 0. The van der Waals surface area contributed by atoms with E-state index in [1.54, 1.807) is 0 Å². The van der Waals surface area contributed by atoms with Gasteiger partial charge >= 0.3 is 0 Å². The molecule has 1 aliphatic heterocycles. The number of carbonyl (C=O) groups excluding carboxylic acids is 1. The molecule has 2 rings (SSSR count). The van der Waals surface area contributed by atoms with Crippen LogP contribution in [0.2, 0.25) is 0 Å². The van der Waals surface area contributed by atoms with Gasteiger partial charge in [0.15, 0.2) is 0 Å². The molecule has 2 unspecified atom stereocenters. The van der Waals surface area contributed by atoms with Crippen molar-refractivity contribution in [3.8, 4) is 5.75 Å². The van der Waals surface area contributed by atoms with Crippen LogP contribution in [-0.4, -0.2) is 41.7 Å². The SMILES string of the molecule is CCCOc1ccc(C(=O)N2CCC(O)C(C)C2)cc1. The molecule has 110 valence electrons. The summed E-state index contributed by atoms with van der Waals surface area (Å²) in [6.45, 7) is 5.97. The van der Waals surface area contributed by atoms with Gasteiger partial charge in [0, 0.05) is 18.7 Å². The first-order chi connectivity index (χ1) is 9.61. The Labute approximate surface area is 120 Å². The van der Waals surface area contributed by atoms with Crippen molar-refractivity contribution >= 4 is 5.91 Å². The van der Waals surface area contributed by atoms with Crippen LogP contribution in [0.25, 0.3) is 0 Å². The van der Waals surface area contributed by atoms with Gasteiger partial charge in [-0.25, -0.2) is 0 Å². The Hall–Kier alpha value is -1.55. The molecule has 0 spiro atoms. The second-order valence-corrected chi connectivity index (χ2v) is 5.46. The van der Waals surface area contributed by atoms with Crippen LogP contribution >= 0.6 is 0 Å². The number of hydrogen-bond acceptors (Lipinski definition) is 3. The molecule has 1 heterocycles. The van der Waals surface area contributed by atoms with Crippen LogP contribution in [0.5, 0.6) is 5.75 Å². The van der Waals surface area contributed by atoms with Crippen molar-refractivity contribution in [3.63, 3.8) is 0 Å². The number of amides is 1. The molecule has 1 amide bonds. The molecular weight excluding hydrogens is 254 g/mol. The maximum absolute atomic E-state index is 12.4. The lowest BCUT2D eigenvalue weighted by Crippen LogP contribution is -2.44. The molecule has 1 aromatic carbocycles. The van der Waals surface area contributed by atoms with Gasteiger partial charge in [-0.15, -0.1) is 0 Å². The summed E-state index contributed by atoms with van der Waals surface area (Å²) in [4.78, 5) is 14.2. The first kappa shape index (κ1) is 14.9. The van der Waals surface area contributed by atoms with E-state index >= 15 is 0 Å². The minimum atomic E-state index is -0.288. The van der Waals surface area contributed by atoms with Crippen LogP contribution < -0.4 is 4.74 Å². The standard InChI is InChI=1S/C16H23NO3/c1-3-10-20-14-6-4-13(5-7-14)16(19)17-9-8-15(18)12(2)11-17/h4-7,12,15,18H,3,8-11H2,1-2H3. The van der Waals surface area contributed by atoms with E-state index in [1.807, 2.05) is 36.1 Å². The molecule has 1 fully saturated rings. The van der Waals surface area contributed by atoms with E-state index in [0.717, 1.165) is 12.2 Å². The summed E-state index contributed by atoms with van der Waals surface area (Å²) in [5.74, 6) is 0.969. The molecule has 1 N–H and O–H groups in total. The average Bonchev–Trinajstić information content (AvgIpc) is 2.48. The van der Waals surface area contributed by atoms with Crippen molar-refractivity contribution in [2.24, 2.45) is 5.92 Å². The highest BCUT2D eigenvalue weighted by molar-refractivity contribution is 5.94. The highest BCUT2D eigenvalue weighted by atomic mass is 16.5. The summed E-state index contributed by atoms with van der Waals surface area (Å²) in [7, 11) is 0. The Morgan fingerprint density at radius 3 is 2.70 bits per heavy atom. The van der Waals surface area contributed by atoms with Gasteiger partial charge in [0.2, 0.25) is 0 Å². The minimum Gasteiger partial charge on any atom is -0.494 e. The number of carbonyl (C=O) groups is 1. The minimum absolute atomic E-state index is 0.0331. The smallest absolute Gasteiger partial charge is 0.253 e. The van der Waals surface area contributed by atoms with E-state index in [1.165, 1.54) is 0 Å². The van der Waals surface area contributed by atoms with Gasteiger partial charge in [0.25, 0.3) is 5.91 Å². The van der Waals surface area contributed by atoms with Crippen LogP contribution in [0.3, 0.4) is 0 Å². The second kappa shape index (κ2) is 6.75. The molecule has 0 saturated carbocycles. The van der Waals surface area contributed by atoms with Crippen molar-refractivity contribution in [1.29, 1.82) is 0 Å². The summed E-state index contributed by atoms with van der Waals surface area (Å²) in [6, 6.07) is 7.29. The summed E-state index contributed by atoms with van der Waals surface area (Å²) in [5.41, 5.74) is 0.678. The third-order valence-electron chi connectivity index (χ3n) is 3.72. The Kier molecular flexibility index (Phi) is 5.01. The number of nitrogens with zero attached hydrogens (tertiary/aromatic N) is 1. The highest BCUT2D eigenvalue weighted by Crippen LogP contribution is 2.20. The van der Waals surface area contributed by atoms with Gasteiger partial charge in [-0.3, -0.25) is 4.79 Å². The molecule has 0 aliphatic carbocycles. The molecule has 2 atom stereocenters. The number of ether oxygens (including phenoxy) is 1. The fraction of sp³-hybridized carbons (Fsp3) is 0.562. The number of likely N-dealkylation sites (tertiary alicyclic amines) is 1. The van der Waals surface area contributed by atoms with Gasteiger partial charge in [0.1, 0.15) is 5.75 Å². The van der Waals surface area contributed by atoms with Crippen LogP contribution in [0.4, 0.5) is 0 Å². The van der Waals surface area contributed by atoms with Crippen LogP contribution in [0.1, 0.15) is 37.0 Å². The van der Waals surface area contributed by atoms with Gasteiger partial charge < -0.3 is 14.7 Å². The maximum Gasteiger partial charge on any atom is 0.253 e. The second-order valence-electron chi connectivity index (χ2n) is 5.46. The number of hydrogen-bond donors (Lipinski definition) is 1. The van der Waals surface area contributed by atoms with Crippen LogP contribution in [-0.2, 0) is 0 Å². The van der Waals surface area contributed by atoms with Crippen molar-refractivity contribution in [2.75, 3.05) is 19.7 Å². The number of piperidine rings is 1. The van der Waals surface area contributed by atoms with E-state index in [-0.39, 0.29) is 17.9 Å². The number of aliphatic hydroxyl groups is 1. The Bertz CT molecular complexity index is 444. The molecule has 0 radical (unpaired) electrons. The third kappa shape index (κ3) is 3.51. The Balaban J connectivity index is 1.98. The van der Waals surface area contributed by atoms with Crippen molar-refractivity contribution < 1.29 is 14.6 Å². The summed E-state index contributed by atoms with van der Waals surface area (Å²) in [5, 5.41) is 9.71. The van der Waals surface area contributed by atoms with Crippen molar-refractivity contribution in [2.45, 2.75) is 32.8 Å². The quantitative estimate of drug-likeness (QED) is 0.919. The topological polar surface area (TPSA) is 49.8 Å². The van der Waals surface area contributed by atoms with Crippen molar-refractivity contribution in [1.82, 2.24) is 4.90 Å². The average molecular weight is 277 g/mol. The Morgan fingerprint density at radius 1 is 1.40 bits per heavy atom. The van der Waals surface area contributed by atoms with E-state index < -0.39 is 0 Å². The molecule has 1 saturated heterocycles. The van der Waals surface area contributed by atoms with Crippen molar-refractivity contribution in [3.05, 3.63) is 29.8 Å². The zero-order valence-corrected chi connectivity index (χ0v) is 12.2. The number of benzene rings is 1. The highest BCUT2D eigenvalue weighted by Gasteiger charge is 2.27. The molecule has 4 heteroatoms. The zero-order chi connectivity index (χ0) is 14.5. The summed E-state index contributed by atoms with van der Waals surface area (Å²) in [6.07, 6.45) is 1.34. The third-order valence-corrected chi connectivity index (χ3v) is 3.72. The van der Waals surface area contributed by atoms with E-state index in [2.05, 4.69) is 6.92 Å². The molecular formula is C16H23NO3. The first-order valence-electron chi connectivity index (χ1n) is 7.32. The van der Waals surface area contributed by atoms with Gasteiger partial charge in [-0.2, -0.15) is 0 Å². The fourth-order valence-electron chi connectivity index (χ4n) is 2.41. The predicted molar refractivity (Wildman–Crippen MR) is 77.9 cm³/mol. The number of aliphatic hydroxyl groups excluding tert-OH is 1. The van der Waals surface area contributed by atoms with E-state index in [9.17, 15) is 9.90 Å². The normalized spacial score (nSPS) is 22.6.